The van der Waals surface area contributed by atoms with Crippen LogP contribution in [-0.4, -0.2) is 27.6 Å². The molecule has 0 aliphatic rings. The van der Waals surface area contributed by atoms with Gasteiger partial charge >= 0.3 is 0 Å². The van der Waals surface area contributed by atoms with Crippen molar-refractivity contribution in [3.8, 4) is 11.5 Å². The minimum atomic E-state index is -0.284. The Labute approximate surface area is 194 Å². The number of aromatic nitrogens is 3. The molecule has 0 saturated carbocycles. The third-order valence-corrected chi connectivity index (χ3v) is 5.88. The van der Waals surface area contributed by atoms with Gasteiger partial charge in [-0.25, -0.2) is 4.98 Å². The summed E-state index contributed by atoms with van der Waals surface area (Å²) >= 11 is 1.42. The van der Waals surface area contributed by atoms with Gasteiger partial charge in [-0.15, -0.1) is 0 Å². The number of anilines is 1. The minimum absolute atomic E-state index is 0.123. The van der Waals surface area contributed by atoms with Crippen molar-refractivity contribution in [2.45, 2.75) is 32.8 Å². The average Bonchev–Trinajstić information content (AvgIpc) is 3.25. The van der Waals surface area contributed by atoms with E-state index in [1.165, 1.54) is 29.0 Å². The fourth-order valence-electron chi connectivity index (χ4n) is 3.25. The number of nitrogens with one attached hydrogen (secondary N) is 1. The summed E-state index contributed by atoms with van der Waals surface area (Å²) in [7, 11) is 1.52. The van der Waals surface area contributed by atoms with Crippen LogP contribution in [0.5, 0.6) is 11.5 Å². The molecule has 4 aromatic rings. The molecular weight excluding hydrogens is 440 g/mol. The molecule has 0 unspecified atom stereocenters. The zero-order valence-electron chi connectivity index (χ0n) is 18.4. The first-order chi connectivity index (χ1) is 16.1. The SMILES string of the molecule is CCCCc1nn2c(=O)cc(COc3cccc(NC(=O)c4ccccc4OC)c3)nc2s1. The molecule has 0 aliphatic carbocycles. The van der Waals surface area contributed by atoms with Gasteiger partial charge in [0, 0.05) is 24.2 Å². The molecule has 9 heteroatoms. The van der Waals surface area contributed by atoms with Gasteiger partial charge in [0.15, 0.2) is 0 Å². The first-order valence-electron chi connectivity index (χ1n) is 10.6. The van der Waals surface area contributed by atoms with E-state index in [1.54, 1.807) is 48.5 Å². The fourth-order valence-corrected chi connectivity index (χ4v) is 4.21. The van der Waals surface area contributed by atoms with E-state index in [0.717, 1.165) is 24.3 Å². The highest BCUT2D eigenvalue weighted by atomic mass is 32.1. The smallest absolute Gasteiger partial charge is 0.275 e. The number of aryl methyl sites for hydroxylation is 1. The minimum Gasteiger partial charge on any atom is -0.496 e. The van der Waals surface area contributed by atoms with Crippen LogP contribution in [0.3, 0.4) is 0 Å². The van der Waals surface area contributed by atoms with E-state index in [9.17, 15) is 9.59 Å². The molecule has 8 nitrogen and oxygen atoms in total. The number of para-hydroxylation sites is 1. The predicted octanol–water partition coefficient (Wildman–Crippen LogP) is 4.33. The van der Waals surface area contributed by atoms with Crippen LogP contribution >= 0.6 is 11.3 Å². The Morgan fingerprint density at radius 2 is 2.00 bits per heavy atom. The molecule has 2 aromatic carbocycles. The maximum Gasteiger partial charge on any atom is 0.275 e. The number of methoxy groups -OCH3 is 1. The van der Waals surface area contributed by atoms with Gasteiger partial charge in [-0.3, -0.25) is 9.59 Å². The number of nitrogens with zero attached hydrogens (tertiary/aromatic N) is 3. The summed E-state index contributed by atoms with van der Waals surface area (Å²) in [5, 5.41) is 8.11. The second-order valence-corrected chi connectivity index (χ2v) is 8.39. The fraction of sp³-hybridized carbons (Fsp3) is 0.250. The summed E-state index contributed by atoms with van der Waals surface area (Å²) in [4.78, 5) is 30.1. The molecule has 4 rings (SSSR count). The van der Waals surface area contributed by atoms with Crippen molar-refractivity contribution in [3.63, 3.8) is 0 Å². The number of hydrogen-bond acceptors (Lipinski definition) is 7. The number of benzene rings is 2. The molecule has 0 bridgehead atoms. The van der Waals surface area contributed by atoms with E-state index in [0.29, 0.717) is 33.4 Å². The van der Waals surface area contributed by atoms with Crippen LogP contribution in [0.25, 0.3) is 4.96 Å². The third-order valence-electron chi connectivity index (χ3n) is 4.91. The summed E-state index contributed by atoms with van der Waals surface area (Å²) in [5.74, 6) is 0.757. The molecule has 0 saturated heterocycles. The van der Waals surface area contributed by atoms with Crippen LogP contribution in [0, 0.1) is 0 Å². The molecule has 1 N–H and O–H groups in total. The Bertz CT molecular complexity index is 1330. The van der Waals surface area contributed by atoms with Gasteiger partial charge in [-0.05, 0) is 30.7 Å². The van der Waals surface area contributed by atoms with Crippen LogP contribution in [0.1, 0.15) is 40.8 Å². The first kappa shape index (κ1) is 22.5. The summed E-state index contributed by atoms with van der Waals surface area (Å²) in [6.07, 6.45) is 2.92. The van der Waals surface area contributed by atoms with E-state index in [4.69, 9.17) is 9.47 Å². The van der Waals surface area contributed by atoms with E-state index >= 15 is 0 Å². The Morgan fingerprint density at radius 3 is 2.82 bits per heavy atom. The summed E-state index contributed by atoms with van der Waals surface area (Å²) < 4.78 is 12.4. The molecule has 0 atom stereocenters. The maximum absolute atomic E-state index is 12.6. The highest BCUT2D eigenvalue weighted by Crippen LogP contribution is 2.22. The normalized spacial score (nSPS) is 10.8. The standard InChI is InChI=1S/C24H24N4O4S/c1-3-4-12-21-27-28-22(29)14-17(26-24(28)33-21)15-32-18-9-7-8-16(13-18)25-23(30)19-10-5-6-11-20(19)31-2/h5-11,13-14H,3-4,12,15H2,1-2H3,(H,25,30). The van der Waals surface area contributed by atoms with Crippen molar-refractivity contribution in [2.24, 2.45) is 0 Å². The Kier molecular flexibility index (Phi) is 6.99. The van der Waals surface area contributed by atoms with Gasteiger partial charge in [0.1, 0.15) is 23.1 Å². The maximum atomic E-state index is 12.6. The van der Waals surface area contributed by atoms with Crippen LogP contribution in [0.4, 0.5) is 5.69 Å². The topological polar surface area (TPSA) is 94.8 Å². The van der Waals surface area contributed by atoms with Crippen LogP contribution in [-0.2, 0) is 13.0 Å². The van der Waals surface area contributed by atoms with Gasteiger partial charge in [-0.2, -0.15) is 9.61 Å². The molecule has 0 aliphatic heterocycles. The number of rotatable bonds is 9. The van der Waals surface area contributed by atoms with Gasteiger partial charge in [-0.1, -0.05) is 42.9 Å². The molecular formula is C24H24N4O4S. The first-order valence-corrected chi connectivity index (χ1v) is 11.4. The lowest BCUT2D eigenvalue weighted by atomic mass is 10.2. The van der Waals surface area contributed by atoms with Crippen LogP contribution in [0.2, 0.25) is 0 Å². The van der Waals surface area contributed by atoms with Crippen molar-refractivity contribution < 1.29 is 14.3 Å². The van der Waals surface area contributed by atoms with Gasteiger partial charge in [0.05, 0.1) is 18.4 Å². The van der Waals surface area contributed by atoms with Gasteiger partial charge in [0.25, 0.3) is 11.5 Å². The highest BCUT2D eigenvalue weighted by molar-refractivity contribution is 7.16. The lowest BCUT2D eigenvalue weighted by molar-refractivity contribution is 0.102. The number of unbranched alkanes of at least 4 members (excludes halogenated alkanes) is 1. The second kappa shape index (κ2) is 10.3. The molecule has 2 aromatic heterocycles. The summed E-state index contributed by atoms with van der Waals surface area (Å²) in [6.45, 7) is 2.24. The number of amides is 1. The molecule has 0 fully saturated rings. The number of carbonyl (C=O) groups excluding carboxylic acids is 1. The number of fused-ring (bicyclic) bond motifs is 1. The molecule has 1 amide bonds. The lowest BCUT2D eigenvalue weighted by Gasteiger charge is -2.11. The molecule has 0 radical (unpaired) electrons. The van der Waals surface area contributed by atoms with Crippen molar-refractivity contribution in [1.82, 2.24) is 14.6 Å². The van der Waals surface area contributed by atoms with Crippen molar-refractivity contribution in [2.75, 3.05) is 12.4 Å². The van der Waals surface area contributed by atoms with E-state index < -0.39 is 0 Å². The third kappa shape index (κ3) is 5.38. The van der Waals surface area contributed by atoms with E-state index in [-0.39, 0.29) is 18.1 Å². The van der Waals surface area contributed by atoms with Gasteiger partial charge in [0.2, 0.25) is 4.96 Å². The Hall–Kier alpha value is -3.72. The monoisotopic (exact) mass is 464 g/mol. The Morgan fingerprint density at radius 1 is 1.15 bits per heavy atom. The average molecular weight is 465 g/mol. The molecule has 170 valence electrons. The quantitative estimate of drug-likeness (QED) is 0.396. The zero-order valence-corrected chi connectivity index (χ0v) is 19.2. The predicted molar refractivity (Wildman–Crippen MR) is 127 cm³/mol. The highest BCUT2D eigenvalue weighted by Gasteiger charge is 2.13. The zero-order chi connectivity index (χ0) is 23.2. The lowest BCUT2D eigenvalue weighted by Crippen LogP contribution is -2.16. The summed E-state index contributed by atoms with van der Waals surface area (Å²) in [5.41, 5.74) is 1.31. The molecule has 33 heavy (non-hydrogen) atoms. The van der Waals surface area contributed by atoms with Crippen LogP contribution < -0.4 is 20.3 Å². The number of hydrogen-bond donors (Lipinski definition) is 1. The van der Waals surface area contributed by atoms with Crippen LogP contribution in [0.15, 0.2) is 59.4 Å². The van der Waals surface area contributed by atoms with Crippen molar-refractivity contribution >= 4 is 27.9 Å². The van der Waals surface area contributed by atoms with E-state index in [1.807, 2.05) is 0 Å². The van der Waals surface area contributed by atoms with Crippen molar-refractivity contribution in [3.05, 3.63) is 81.2 Å². The van der Waals surface area contributed by atoms with E-state index in [2.05, 4.69) is 22.3 Å². The summed E-state index contributed by atoms with van der Waals surface area (Å²) in [6, 6.07) is 15.5. The number of ether oxygens (including phenoxy) is 2. The van der Waals surface area contributed by atoms with Gasteiger partial charge < -0.3 is 14.8 Å². The largest absolute Gasteiger partial charge is 0.496 e. The Balaban J connectivity index is 1.45. The van der Waals surface area contributed by atoms with Crippen molar-refractivity contribution in [1.29, 1.82) is 0 Å². The number of carbonyl (C=O) groups is 1. The molecule has 0 spiro atoms. The second-order valence-electron chi connectivity index (χ2n) is 7.35. The molecule has 2 heterocycles.